The van der Waals surface area contributed by atoms with Crippen LogP contribution >= 0.6 is 0 Å². The lowest BCUT2D eigenvalue weighted by atomic mass is 10.1. The van der Waals surface area contributed by atoms with Crippen LogP contribution in [0.3, 0.4) is 0 Å². The predicted molar refractivity (Wildman–Crippen MR) is 127 cm³/mol. The van der Waals surface area contributed by atoms with Crippen LogP contribution in [0.15, 0.2) is 53.3 Å². The van der Waals surface area contributed by atoms with Crippen molar-refractivity contribution >= 4 is 22.5 Å². The number of fused-ring (bicyclic) bond motifs is 2. The van der Waals surface area contributed by atoms with Crippen LogP contribution in [0.1, 0.15) is 37.8 Å². The van der Waals surface area contributed by atoms with Crippen LogP contribution in [-0.4, -0.2) is 39.5 Å². The summed E-state index contributed by atoms with van der Waals surface area (Å²) in [6.07, 6.45) is 0. The van der Waals surface area contributed by atoms with Gasteiger partial charge in [0, 0.05) is 35.9 Å². The predicted octanol–water partition coefficient (Wildman–Crippen LogP) is 3.17. The van der Waals surface area contributed by atoms with E-state index in [1.807, 2.05) is 36.6 Å². The van der Waals surface area contributed by atoms with Crippen LogP contribution in [0.2, 0.25) is 0 Å². The van der Waals surface area contributed by atoms with Crippen molar-refractivity contribution in [3.63, 3.8) is 0 Å². The molecule has 0 spiro atoms. The standard InChI is InChI=1S/C26H23N3O6/c1-15-10-20(16(2)29(15)12-17-8-9-22-23(11-17)35-14-34-22)21(30)13-33-26(32)24-18-6-4-5-7-19(18)25(31)28(3)27-24/h4-11H,12-14H2,1-3H3. The van der Waals surface area contributed by atoms with Crippen LogP contribution in [0.25, 0.3) is 10.8 Å². The number of hydrogen-bond acceptors (Lipinski definition) is 7. The number of hydrogen-bond donors (Lipinski definition) is 0. The molecule has 0 saturated heterocycles. The number of ketones is 1. The fourth-order valence-electron chi connectivity index (χ4n) is 4.28. The van der Waals surface area contributed by atoms with E-state index in [0.29, 0.717) is 34.4 Å². The summed E-state index contributed by atoms with van der Waals surface area (Å²) >= 11 is 0. The number of aryl methyl sites for hydroxylation is 2. The Morgan fingerprint density at radius 2 is 1.77 bits per heavy atom. The number of carbonyl (C=O) groups is 2. The number of aromatic nitrogens is 3. The van der Waals surface area contributed by atoms with Gasteiger partial charge in [-0.05, 0) is 43.7 Å². The minimum Gasteiger partial charge on any atom is -0.454 e. The molecule has 3 heterocycles. The first-order valence-corrected chi connectivity index (χ1v) is 11.0. The molecule has 0 radical (unpaired) electrons. The van der Waals surface area contributed by atoms with Gasteiger partial charge < -0.3 is 18.8 Å². The highest BCUT2D eigenvalue weighted by molar-refractivity contribution is 6.04. The number of Topliss-reactive ketones (excluding diaryl/α,β-unsaturated/α-hetero) is 1. The zero-order valence-electron chi connectivity index (χ0n) is 19.5. The highest BCUT2D eigenvalue weighted by atomic mass is 16.7. The minimum absolute atomic E-state index is 0.0104. The van der Waals surface area contributed by atoms with Crippen molar-refractivity contribution in [2.75, 3.05) is 13.4 Å². The molecule has 9 nitrogen and oxygen atoms in total. The zero-order valence-corrected chi connectivity index (χ0v) is 19.5. The summed E-state index contributed by atoms with van der Waals surface area (Å²) in [7, 11) is 1.46. The molecule has 2 aromatic carbocycles. The molecule has 0 N–H and O–H groups in total. The Labute approximate surface area is 200 Å². The maximum Gasteiger partial charge on any atom is 0.359 e. The van der Waals surface area contributed by atoms with E-state index in [9.17, 15) is 14.4 Å². The van der Waals surface area contributed by atoms with Gasteiger partial charge in [0.05, 0.1) is 5.39 Å². The monoisotopic (exact) mass is 473 g/mol. The summed E-state index contributed by atoms with van der Waals surface area (Å²) in [5, 5.41) is 4.79. The molecule has 2 aromatic heterocycles. The van der Waals surface area contributed by atoms with Crippen molar-refractivity contribution in [1.82, 2.24) is 14.3 Å². The molecule has 0 bridgehead atoms. The molecule has 1 aliphatic heterocycles. The van der Waals surface area contributed by atoms with E-state index in [0.717, 1.165) is 21.6 Å². The topological polar surface area (TPSA) is 102 Å². The van der Waals surface area contributed by atoms with Gasteiger partial charge >= 0.3 is 5.97 Å². The molecule has 0 aliphatic carbocycles. The maximum absolute atomic E-state index is 13.0. The smallest absolute Gasteiger partial charge is 0.359 e. The minimum atomic E-state index is -0.765. The Balaban J connectivity index is 1.33. The summed E-state index contributed by atoms with van der Waals surface area (Å²) in [6.45, 7) is 4.10. The van der Waals surface area contributed by atoms with E-state index in [2.05, 4.69) is 5.10 Å². The molecule has 178 valence electrons. The molecule has 9 heteroatoms. The van der Waals surface area contributed by atoms with Crippen molar-refractivity contribution in [3.05, 3.63) is 87.1 Å². The summed E-state index contributed by atoms with van der Waals surface area (Å²) < 4.78 is 19.2. The number of nitrogens with zero attached hydrogens (tertiary/aromatic N) is 3. The third kappa shape index (κ3) is 4.05. The first-order chi connectivity index (χ1) is 16.8. The Kier molecular flexibility index (Phi) is 5.60. The van der Waals surface area contributed by atoms with Gasteiger partial charge in [0.2, 0.25) is 12.6 Å². The van der Waals surface area contributed by atoms with Crippen LogP contribution in [0, 0.1) is 13.8 Å². The lowest BCUT2D eigenvalue weighted by Gasteiger charge is -2.11. The fraction of sp³-hybridized carbons (Fsp3) is 0.231. The number of benzene rings is 2. The molecular weight excluding hydrogens is 450 g/mol. The number of carbonyl (C=O) groups excluding carboxylic acids is 2. The SMILES string of the molecule is Cc1cc(C(=O)COC(=O)c2nn(C)c(=O)c3ccccc23)c(C)n1Cc1ccc2c(c1)OCO2. The van der Waals surface area contributed by atoms with E-state index in [1.165, 1.54) is 7.05 Å². The molecule has 0 atom stereocenters. The van der Waals surface area contributed by atoms with Gasteiger partial charge in [-0.2, -0.15) is 5.10 Å². The molecule has 1 aliphatic rings. The number of rotatable bonds is 6. The average molecular weight is 473 g/mol. The van der Waals surface area contributed by atoms with E-state index in [1.54, 1.807) is 30.3 Å². The lowest BCUT2D eigenvalue weighted by molar-refractivity contribution is 0.0468. The van der Waals surface area contributed by atoms with Crippen LogP contribution in [0.5, 0.6) is 11.5 Å². The first kappa shape index (κ1) is 22.4. The second-order valence-corrected chi connectivity index (χ2v) is 8.38. The molecule has 5 rings (SSSR count). The lowest BCUT2D eigenvalue weighted by Crippen LogP contribution is -2.24. The Bertz CT molecular complexity index is 1550. The van der Waals surface area contributed by atoms with E-state index >= 15 is 0 Å². The van der Waals surface area contributed by atoms with Crippen LogP contribution < -0.4 is 15.0 Å². The quantitative estimate of drug-likeness (QED) is 0.313. The third-order valence-corrected chi connectivity index (χ3v) is 6.14. The second-order valence-electron chi connectivity index (χ2n) is 8.38. The van der Waals surface area contributed by atoms with E-state index in [4.69, 9.17) is 14.2 Å². The molecular formula is C26H23N3O6. The summed E-state index contributed by atoms with van der Waals surface area (Å²) in [5.41, 5.74) is 2.84. The van der Waals surface area contributed by atoms with E-state index < -0.39 is 12.6 Å². The summed E-state index contributed by atoms with van der Waals surface area (Å²) in [6, 6.07) is 14.2. The highest BCUT2D eigenvalue weighted by Gasteiger charge is 2.21. The molecule has 0 amide bonds. The Hall–Kier alpha value is -4.40. The van der Waals surface area contributed by atoms with Crippen molar-refractivity contribution in [2.24, 2.45) is 7.05 Å². The molecule has 0 fully saturated rings. The third-order valence-electron chi connectivity index (χ3n) is 6.14. The van der Waals surface area contributed by atoms with Gasteiger partial charge in [0.25, 0.3) is 5.56 Å². The van der Waals surface area contributed by atoms with Crippen molar-refractivity contribution in [2.45, 2.75) is 20.4 Å². The first-order valence-electron chi connectivity index (χ1n) is 11.0. The van der Waals surface area contributed by atoms with Crippen LogP contribution in [0.4, 0.5) is 0 Å². The largest absolute Gasteiger partial charge is 0.454 e. The fourth-order valence-corrected chi connectivity index (χ4v) is 4.28. The molecule has 35 heavy (non-hydrogen) atoms. The van der Waals surface area contributed by atoms with Gasteiger partial charge in [-0.3, -0.25) is 9.59 Å². The van der Waals surface area contributed by atoms with E-state index in [-0.39, 0.29) is 23.8 Å². The van der Waals surface area contributed by atoms with Crippen LogP contribution in [-0.2, 0) is 18.3 Å². The number of ether oxygens (including phenoxy) is 3. The number of esters is 1. The second kappa shape index (κ2) is 8.75. The van der Waals surface area contributed by atoms with Gasteiger partial charge in [-0.1, -0.05) is 24.3 Å². The molecule has 0 saturated carbocycles. The highest BCUT2D eigenvalue weighted by Crippen LogP contribution is 2.33. The van der Waals surface area contributed by atoms with Crippen molar-refractivity contribution in [1.29, 1.82) is 0 Å². The summed E-state index contributed by atoms with van der Waals surface area (Å²) in [4.78, 5) is 38.0. The molecule has 0 unspecified atom stereocenters. The average Bonchev–Trinajstić information content (AvgIpc) is 3.44. The van der Waals surface area contributed by atoms with Gasteiger partial charge in [0.15, 0.2) is 23.8 Å². The Morgan fingerprint density at radius 1 is 1.03 bits per heavy atom. The van der Waals surface area contributed by atoms with Crippen molar-refractivity contribution in [3.8, 4) is 11.5 Å². The van der Waals surface area contributed by atoms with Gasteiger partial charge in [-0.25, -0.2) is 9.48 Å². The summed E-state index contributed by atoms with van der Waals surface area (Å²) in [5.74, 6) is 0.331. The van der Waals surface area contributed by atoms with Crippen molar-refractivity contribution < 1.29 is 23.8 Å². The van der Waals surface area contributed by atoms with Gasteiger partial charge in [-0.15, -0.1) is 0 Å². The normalized spacial score (nSPS) is 12.2. The van der Waals surface area contributed by atoms with Gasteiger partial charge in [0.1, 0.15) is 0 Å². The Morgan fingerprint density at radius 3 is 2.57 bits per heavy atom. The maximum atomic E-state index is 13.0. The molecule has 4 aromatic rings. The zero-order chi connectivity index (χ0) is 24.7.